The van der Waals surface area contributed by atoms with Crippen molar-refractivity contribution in [3.63, 3.8) is 0 Å². The van der Waals surface area contributed by atoms with Gasteiger partial charge < -0.3 is 19.9 Å². The maximum absolute atomic E-state index is 13.4. The van der Waals surface area contributed by atoms with Crippen LogP contribution in [0.3, 0.4) is 0 Å². The highest BCUT2D eigenvalue weighted by Crippen LogP contribution is 2.23. The van der Waals surface area contributed by atoms with E-state index in [1.165, 1.54) is 12.1 Å². The van der Waals surface area contributed by atoms with Crippen molar-refractivity contribution >= 4 is 28.7 Å². The number of nitrogens with one attached hydrogen (secondary N) is 2. The molecule has 0 bridgehead atoms. The average Bonchev–Trinajstić information content (AvgIpc) is 3.52. The van der Waals surface area contributed by atoms with E-state index in [0.29, 0.717) is 11.9 Å². The molecule has 2 heterocycles. The first-order valence-corrected chi connectivity index (χ1v) is 12.3. The van der Waals surface area contributed by atoms with Gasteiger partial charge in [-0.15, -0.1) is 0 Å². The van der Waals surface area contributed by atoms with Gasteiger partial charge in [-0.2, -0.15) is 10.1 Å². The third kappa shape index (κ3) is 6.46. The Balaban J connectivity index is 1.51. The molecule has 4 aromatic rings. The van der Waals surface area contributed by atoms with Gasteiger partial charge in [0.2, 0.25) is 5.91 Å². The molecule has 2 amide bonds. The molecule has 2 N–H and O–H groups in total. The van der Waals surface area contributed by atoms with Crippen LogP contribution in [0.4, 0.5) is 4.39 Å². The number of para-hydroxylation sites is 1. The van der Waals surface area contributed by atoms with Crippen LogP contribution in [0.15, 0.2) is 53.1 Å². The zero-order chi connectivity index (χ0) is 28.2. The van der Waals surface area contributed by atoms with Gasteiger partial charge in [0.05, 0.1) is 25.2 Å². The van der Waals surface area contributed by atoms with Crippen LogP contribution in [-0.4, -0.2) is 50.4 Å². The molecular formula is C27H29FN6O5. The van der Waals surface area contributed by atoms with E-state index in [1.54, 1.807) is 35.9 Å². The van der Waals surface area contributed by atoms with Crippen molar-refractivity contribution in [2.24, 2.45) is 5.41 Å². The van der Waals surface area contributed by atoms with Crippen LogP contribution in [0.2, 0.25) is 0 Å². The summed E-state index contributed by atoms with van der Waals surface area (Å²) in [5, 5.41) is 14.3. The number of ether oxygens (including phenoxy) is 1. The van der Waals surface area contributed by atoms with E-state index < -0.39 is 29.2 Å². The summed E-state index contributed by atoms with van der Waals surface area (Å²) in [5.41, 5.74) is 1.03. The number of rotatable bonds is 9. The van der Waals surface area contributed by atoms with E-state index in [2.05, 4.69) is 25.9 Å². The van der Waals surface area contributed by atoms with Gasteiger partial charge in [0.25, 0.3) is 5.91 Å². The number of esters is 1. The minimum atomic E-state index is -0.942. The van der Waals surface area contributed by atoms with Crippen molar-refractivity contribution in [2.45, 2.75) is 46.8 Å². The van der Waals surface area contributed by atoms with Crippen LogP contribution in [0.25, 0.3) is 10.9 Å². The molecule has 11 nitrogen and oxygen atoms in total. The van der Waals surface area contributed by atoms with E-state index >= 15 is 0 Å². The monoisotopic (exact) mass is 536 g/mol. The summed E-state index contributed by atoms with van der Waals surface area (Å²) in [5.74, 6) is -2.33. The Morgan fingerprint density at radius 2 is 1.82 bits per heavy atom. The molecule has 0 fully saturated rings. The first kappa shape index (κ1) is 27.4. The second-order valence-electron chi connectivity index (χ2n) is 9.88. The summed E-state index contributed by atoms with van der Waals surface area (Å²) in [6.45, 7) is 7.45. The van der Waals surface area contributed by atoms with E-state index in [4.69, 9.17) is 9.26 Å². The molecule has 4 rings (SSSR count). The van der Waals surface area contributed by atoms with Crippen molar-refractivity contribution in [3.05, 3.63) is 77.3 Å². The molecule has 39 heavy (non-hydrogen) atoms. The second-order valence-corrected chi connectivity index (χ2v) is 9.88. The molecule has 204 valence electrons. The Kier molecular flexibility index (Phi) is 8.03. The number of benzene rings is 2. The molecule has 0 aliphatic carbocycles. The van der Waals surface area contributed by atoms with Crippen molar-refractivity contribution in [3.8, 4) is 0 Å². The lowest BCUT2D eigenvalue weighted by Gasteiger charge is -2.30. The van der Waals surface area contributed by atoms with Crippen LogP contribution in [0, 0.1) is 11.2 Å². The summed E-state index contributed by atoms with van der Waals surface area (Å²) in [4.78, 5) is 42.2. The summed E-state index contributed by atoms with van der Waals surface area (Å²) >= 11 is 0. The molecule has 0 unspecified atom stereocenters. The van der Waals surface area contributed by atoms with E-state index in [9.17, 15) is 18.8 Å². The van der Waals surface area contributed by atoms with Crippen LogP contribution in [0.1, 0.15) is 60.3 Å². The fourth-order valence-electron chi connectivity index (χ4n) is 3.92. The predicted octanol–water partition coefficient (Wildman–Crippen LogP) is 3.24. The molecule has 0 spiro atoms. The van der Waals surface area contributed by atoms with E-state index in [-0.39, 0.29) is 36.4 Å². The fourth-order valence-corrected chi connectivity index (χ4v) is 3.92. The Bertz CT molecular complexity index is 1490. The number of hydrogen-bond donors (Lipinski definition) is 2. The normalized spacial score (nSPS) is 12.2. The smallest absolute Gasteiger partial charge is 0.397 e. The number of carbonyl (C=O) groups excluding carboxylic acids is 3. The van der Waals surface area contributed by atoms with Crippen molar-refractivity contribution in [2.75, 3.05) is 6.61 Å². The largest absolute Gasteiger partial charge is 0.459 e. The third-order valence-electron chi connectivity index (χ3n) is 5.86. The van der Waals surface area contributed by atoms with Gasteiger partial charge in [0.15, 0.2) is 11.5 Å². The zero-order valence-electron chi connectivity index (χ0n) is 22.0. The van der Waals surface area contributed by atoms with Gasteiger partial charge in [-0.25, -0.2) is 9.18 Å². The van der Waals surface area contributed by atoms with Gasteiger partial charge in [0.1, 0.15) is 11.9 Å². The molecule has 0 aliphatic rings. The Hall–Kier alpha value is -4.61. The summed E-state index contributed by atoms with van der Waals surface area (Å²) < 4.78 is 24.7. The number of carbonyl (C=O) groups is 3. The summed E-state index contributed by atoms with van der Waals surface area (Å²) in [6, 6.07) is 12.4. The summed E-state index contributed by atoms with van der Waals surface area (Å²) in [7, 11) is 0. The SMILES string of the molecule is CCOC(=O)c1nc(CNC(=O)[C@@H](NC(=O)c2nn(Cc3ccc(F)cc3)c3ccccc23)C(C)(C)C)no1. The molecule has 2 aromatic heterocycles. The Morgan fingerprint density at radius 1 is 1.10 bits per heavy atom. The second kappa shape index (κ2) is 11.4. The lowest BCUT2D eigenvalue weighted by atomic mass is 9.86. The zero-order valence-corrected chi connectivity index (χ0v) is 22.0. The average molecular weight is 537 g/mol. The van der Waals surface area contributed by atoms with Gasteiger partial charge in [-0.1, -0.05) is 56.3 Å². The van der Waals surface area contributed by atoms with Gasteiger partial charge in [-0.3, -0.25) is 14.3 Å². The molecule has 1 atom stereocenters. The highest BCUT2D eigenvalue weighted by atomic mass is 19.1. The topological polar surface area (TPSA) is 141 Å². The first-order valence-electron chi connectivity index (χ1n) is 12.3. The quantitative estimate of drug-likeness (QED) is 0.311. The highest BCUT2D eigenvalue weighted by Gasteiger charge is 2.34. The first-order chi connectivity index (χ1) is 18.6. The molecule has 0 saturated carbocycles. The van der Waals surface area contributed by atoms with Crippen LogP contribution < -0.4 is 10.6 Å². The van der Waals surface area contributed by atoms with Gasteiger partial charge in [-0.05, 0) is 36.1 Å². The molecule has 0 saturated heterocycles. The van der Waals surface area contributed by atoms with Crippen LogP contribution in [-0.2, 0) is 22.6 Å². The van der Waals surface area contributed by atoms with Crippen molar-refractivity contribution in [1.82, 2.24) is 30.6 Å². The highest BCUT2D eigenvalue weighted by molar-refractivity contribution is 6.06. The number of aromatic nitrogens is 4. The van der Waals surface area contributed by atoms with Gasteiger partial charge in [0, 0.05) is 5.39 Å². The Morgan fingerprint density at radius 3 is 2.51 bits per heavy atom. The standard InChI is InChI=1S/C27H29FN6O5/c1-5-38-26(37)25-30-20(33-39-25)14-29-24(36)22(27(2,3)4)31-23(35)21-18-8-6-7-9-19(18)34(32-21)15-16-10-12-17(28)13-11-16/h6-13,22H,5,14-15H2,1-4H3,(H,29,36)(H,31,35)/t22-/m1/s1. The number of nitrogens with zero attached hydrogens (tertiary/aromatic N) is 4. The molecule has 0 aliphatic heterocycles. The van der Waals surface area contributed by atoms with Crippen LogP contribution >= 0.6 is 0 Å². The minimum Gasteiger partial charge on any atom is -0.459 e. The molecular weight excluding hydrogens is 507 g/mol. The van der Waals surface area contributed by atoms with E-state index in [1.807, 2.05) is 32.9 Å². The number of amides is 2. The molecule has 12 heteroatoms. The minimum absolute atomic E-state index is 0.0796. The molecule has 2 aromatic carbocycles. The van der Waals surface area contributed by atoms with E-state index in [0.717, 1.165) is 11.1 Å². The van der Waals surface area contributed by atoms with Crippen molar-refractivity contribution < 1.29 is 28.0 Å². The molecule has 0 radical (unpaired) electrons. The third-order valence-corrected chi connectivity index (χ3v) is 5.86. The summed E-state index contributed by atoms with van der Waals surface area (Å²) in [6.07, 6.45) is 0. The van der Waals surface area contributed by atoms with Crippen molar-refractivity contribution in [1.29, 1.82) is 0 Å². The lowest BCUT2D eigenvalue weighted by molar-refractivity contribution is -0.125. The fraction of sp³-hybridized carbons (Fsp3) is 0.333. The van der Waals surface area contributed by atoms with Gasteiger partial charge >= 0.3 is 11.9 Å². The number of hydrogen-bond acceptors (Lipinski definition) is 8. The van der Waals surface area contributed by atoms with Crippen LogP contribution in [0.5, 0.6) is 0 Å². The number of fused-ring (bicyclic) bond motifs is 1. The number of halogens is 1. The maximum atomic E-state index is 13.4. The predicted molar refractivity (Wildman–Crippen MR) is 138 cm³/mol. The maximum Gasteiger partial charge on any atom is 0.397 e. The lowest BCUT2D eigenvalue weighted by Crippen LogP contribution is -2.53. The Labute approximate surface area is 223 Å².